The Hall–Kier alpha value is -4.20. The van der Waals surface area contributed by atoms with Crippen molar-refractivity contribution in [2.45, 2.75) is 31.8 Å². The molecule has 1 heterocycles. The number of carboxylic acids is 1. The first kappa shape index (κ1) is 23.9. The summed E-state index contributed by atoms with van der Waals surface area (Å²) in [5, 5.41) is 12.0. The van der Waals surface area contributed by atoms with Gasteiger partial charge >= 0.3 is 12.1 Å². The normalized spacial score (nSPS) is 12.9. The number of amides is 2. The molecule has 0 fully saturated rings. The predicted octanol–water partition coefficient (Wildman–Crippen LogP) is 4.06. The average Bonchev–Trinajstić information content (AvgIpc) is 3.19. The number of aromatic nitrogens is 1. The summed E-state index contributed by atoms with van der Waals surface area (Å²) in [5.74, 6) is -1.53. The standard InChI is InChI=1S/C27H27N3O5/c1-3-24(26(32)33)30(2)25(31)17-12-13-28-18(14-17)15-29-27(34)35-16-23-21-10-6-4-8-19(21)20-9-5-7-11-22(20)23/h4-14,23-24H,3,15-16H2,1-2H3,(H,29,34)(H,32,33). The molecular formula is C27H27N3O5. The molecule has 4 rings (SSSR count). The van der Waals surface area contributed by atoms with Gasteiger partial charge < -0.3 is 20.1 Å². The van der Waals surface area contributed by atoms with Crippen molar-refractivity contribution in [1.82, 2.24) is 15.2 Å². The number of benzene rings is 2. The van der Waals surface area contributed by atoms with E-state index in [0.29, 0.717) is 17.7 Å². The maximum Gasteiger partial charge on any atom is 0.407 e. The molecule has 3 aromatic rings. The van der Waals surface area contributed by atoms with Gasteiger partial charge in [0.25, 0.3) is 5.91 Å². The summed E-state index contributed by atoms with van der Waals surface area (Å²) in [6.07, 6.45) is 1.16. The van der Waals surface area contributed by atoms with Crippen LogP contribution in [0.5, 0.6) is 0 Å². The zero-order chi connectivity index (χ0) is 24.9. The Balaban J connectivity index is 1.36. The Morgan fingerprint density at radius 2 is 1.69 bits per heavy atom. The van der Waals surface area contributed by atoms with Gasteiger partial charge in [-0.1, -0.05) is 55.5 Å². The highest BCUT2D eigenvalue weighted by Gasteiger charge is 2.29. The molecule has 2 amide bonds. The van der Waals surface area contributed by atoms with Gasteiger partial charge in [0, 0.05) is 24.7 Å². The lowest BCUT2D eigenvalue weighted by Gasteiger charge is -2.23. The van der Waals surface area contributed by atoms with Gasteiger partial charge in [-0.3, -0.25) is 9.78 Å². The van der Waals surface area contributed by atoms with Crippen molar-refractivity contribution in [1.29, 1.82) is 0 Å². The van der Waals surface area contributed by atoms with Crippen molar-refractivity contribution in [2.24, 2.45) is 0 Å². The molecule has 2 aromatic carbocycles. The minimum atomic E-state index is -1.06. The van der Waals surface area contributed by atoms with Gasteiger partial charge in [0.15, 0.2) is 0 Å². The number of carboxylic acid groups (broad SMARTS) is 1. The highest BCUT2D eigenvalue weighted by Crippen LogP contribution is 2.44. The lowest BCUT2D eigenvalue weighted by molar-refractivity contribution is -0.142. The Kier molecular flexibility index (Phi) is 7.10. The summed E-state index contributed by atoms with van der Waals surface area (Å²) in [7, 11) is 1.46. The maximum atomic E-state index is 12.7. The summed E-state index contributed by atoms with van der Waals surface area (Å²) in [5.41, 5.74) is 5.32. The van der Waals surface area contributed by atoms with Crippen LogP contribution in [0.25, 0.3) is 11.1 Å². The Labute approximate surface area is 203 Å². The van der Waals surface area contributed by atoms with Crippen molar-refractivity contribution in [2.75, 3.05) is 13.7 Å². The number of likely N-dealkylation sites (N-methyl/N-ethyl adjacent to an activating group) is 1. The molecule has 180 valence electrons. The Morgan fingerprint density at radius 3 is 2.29 bits per heavy atom. The van der Waals surface area contributed by atoms with Gasteiger partial charge in [-0.25, -0.2) is 9.59 Å². The van der Waals surface area contributed by atoms with E-state index in [1.54, 1.807) is 6.92 Å². The van der Waals surface area contributed by atoms with Crippen LogP contribution in [0.1, 0.15) is 46.4 Å². The van der Waals surface area contributed by atoms with Crippen LogP contribution in [-0.2, 0) is 16.1 Å². The summed E-state index contributed by atoms with van der Waals surface area (Å²) in [4.78, 5) is 41.9. The van der Waals surface area contributed by atoms with Crippen molar-refractivity contribution < 1.29 is 24.2 Å². The Bertz CT molecular complexity index is 1210. The zero-order valence-electron chi connectivity index (χ0n) is 19.6. The number of hydrogen-bond acceptors (Lipinski definition) is 5. The lowest BCUT2D eigenvalue weighted by Crippen LogP contribution is -2.42. The maximum absolute atomic E-state index is 12.7. The van der Waals surface area contributed by atoms with E-state index < -0.39 is 24.0 Å². The van der Waals surface area contributed by atoms with E-state index in [1.165, 1.54) is 30.3 Å². The molecular weight excluding hydrogens is 446 g/mol. The van der Waals surface area contributed by atoms with Crippen LogP contribution in [0.4, 0.5) is 4.79 Å². The first-order valence-electron chi connectivity index (χ1n) is 11.4. The number of nitrogens with zero attached hydrogens (tertiary/aromatic N) is 2. The highest BCUT2D eigenvalue weighted by molar-refractivity contribution is 5.96. The fourth-order valence-corrected chi connectivity index (χ4v) is 4.48. The molecule has 0 radical (unpaired) electrons. The second-order valence-electron chi connectivity index (χ2n) is 8.39. The van der Waals surface area contributed by atoms with Gasteiger partial charge in [-0.15, -0.1) is 0 Å². The van der Waals surface area contributed by atoms with E-state index in [2.05, 4.69) is 34.6 Å². The quantitative estimate of drug-likeness (QED) is 0.511. The van der Waals surface area contributed by atoms with Crippen molar-refractivity contribution >= 4 is 18.0 Å². The van der Waals surface area contributed by atoms with E-state index in [-0.39, 0.29) is 19.1 Å². The molecule has 0 aliphatic heterocycles. The summed E-state index contributed by atoms with van der Waals surface area (Å²) in [6, 6.07) is 18.4. The van der Waals surface area contributed by atoms with Crippen molar-refractivity contribution in [3.63, 3.8) is 0 Å². The topological polar surface area (TPSA) is 109 Å². The molecule has 35 heavy (non-hydrogen) atoms. The van der Waals surface area contributed by atoms with Gasteiger partial charge in [-0.05, 0) is 40.8 Å². The number of fused-ring (bicyclic) bond motifs is 3. The number of aliphatic carboxylic acids is 1. The monoisotopic (exact) mass is 473 g/mol. The van der Waals surface area contributed by atoms with Crippen molar-refractivity contribution in [3.05, 3.63) is 89.2 Å². The Morgan fingerprint density at radius 1 is 1.06 bits per heavy atom. The molecule has 1 unspecified atom stereocenters. The average molecular weight is 474 g/mol. The molecule has 0 spiro atoms. The largest absolute Gasteiger partial charge is 0.480 e. The first-order valence-corrected chi connectivity index (χ1v) is 11.4. The van der Waals surface area contributed by atoms with E-state index in [1.807, 2.05) is 24.3 Å². The SMILES string of the molecule is CCC(C(=O)O)N(C)C(=O)c1ccnc(CNC(=O)OCC2c3ccccc3-c3ccccc32)c1. The smallest absolute Gasteiger partial charge is 0.407 e. The minimum absolute atomic E-state index is 0.0384. The molecule has 2 N–H and O–H groups in total. The number of pyridine rings is 1. The minimum Gasteiger partial charge on any atom is -0.480 e. The van der Waals surface area contributed by atoms with Gasteiger partial charge in [-0.2, -0.15) is 0 Å². The van der Waals surface area contributed by atoms with Crippen LogP contribution < -0.4 is 5.32 Å². The number of alkyl carbamates (subject to hydrolysis) is 1. The fourth-order valence-electron chi connectivity index (χ4n) is 4.48. The van der Waals surface area contributed by atoms with Crippen LogP contribution >= 0.6 is 0 Å². The molecule has 1 aliphatic rings. The van der Waals surface area contributed by atoms with Gasteiger partial charge in [0.05, 0.1) is 12.2 Å². The van der Waals surface area contributed by atoms with Crippen LogP contribution in [0.3, 0.4) is 0 Å². The first-order chi connectivity index (χ1) is 16.9. The molecule has 0 saturated heterocycles. The molecule has 1 aromatic heterocycles. The molecule has 1 atom stereocenters. The number of carbonyl (C=O) groups is 3. The number of ether oxygens (including phenoxy) is 1. The third-order valence-corrected chi connectivity index (χ3v) is 6.28. The highest BCUT2D eigenvalue weighted by atomic mass is 16.5. The van der Waals surface area contributed by atoms with E-state index in [9.17, 15) is 19.5 Å². The number of nitrogens with one attached hydrogen (secondary N) is 1. The summed E-state index contributed by atoms with van der Waals surface area (Å²) < 4.78 is 5.53. The second-order valence-corrected chi connectivity index (χ2v) is 8.39. The van der Waals surface area contributed by atoms with E-state index >= 15 is 0 Å². The van der Waals surface area contributed by atoms with Crippen LogP contribution in [-0.4, -0.2) is 52.7 Å². The summed E-state index contributed by atoms with van der Waals surface area (Å²) in [6.45, 7) is 1.97. The number of rotatable bonds is 8. The van der Waals surface area contributed by atoms with Crippen LogP contribution in [0, 0.1) is 0 Å². The van der Waals surface area contributed by atoms with E-state index in [4.69, 9.17) is 4.74 Å². The zero-order valence-corrected chi connectivity index (χ0v) is 19.6. The second kappa shape index (κ2) is 10.4. The summed E-state index contributed by atoms with van der Waals surface area (Å²) >= 11 is 0. The lowest BCUT2D eigenvalue weighted by atomic mass is 9.98. The van der Waals surface area contributed by atoms with Crippen LogP contribution in [0.15, 0.2) is 66.9 Å². The number of hydrogen-bond donors (Lipinski definition) is 2. The van der Waals surface area contributed by atoms with Crippen molar-refractivity contribution in [3.8, 4) is 11.1 Å². The fraction of sp³-hybridized carbons (Fsp3) is 0.259. The van der Waals surface area contributed by atoms with Crippen LogP contribution in [0.2, 0.25) is 0 Å². The third-order valence-electron chi connectivity index (χ3n) is 6.28. The molecule has 8 heteroatoms. The predicted molar refractivity (Wildman–Crippen MR) is 130 cm³/mol. The van der Waals surface area contributed by atoms with E-state index in [0.717, 1.165) is 22.3 Å². The molecule has 1 aliphatic carbocycles. The number of carbonyl (C=O) groups excluding carboxylic acids is 2. The molecule has 0 bridgehead atoms. The third kappa shape index (κ3) is 5.01. The molecule has 0 saturated carbocycles. The van der Waals surface area contributed by atoms with Gasteiger partial charge in [0.2, 0.25) is 0 Å². The van der Waals surface area contributed by atoms with Gasteiger partial charge in [0.1, 0.15) is 12.6 Å². The molecule has 8 nitrogen and oxygen atoms in total.